The summed E-state index contributed by atoms with van der Waals surface area (Å²) in [5.41, 5.74) is 0. The van der Waals surface area contributed by atoms with Crippen molar-refractivity contribution >= 4 is 7.95 Å². The van der Waals surface area contributed by atoms with Crippen LogP contribution in [0.5, 0.6) is 0 Å². The molecule has 0 spiro atoms. The van der Waals surface area contributed by atoms with Gasteiger partial charge in [-0.3, -0.25) is 5.09 Å². The molecule has 0 heterocycles. The zero-order chi connectivity index (χ0) is 4.28. The molecule has 0 aliphatic heterocycles. The smallest absolute Gasteiger partial charge is 0.133 e. The summed E-state index contributed by atoms with van der Waals surface area (Å²) in [6.45, 7) is 1.66. The average molecular weight is 93.1 g/mol. The molecule has 1 unspecified atom stereocenters. The first-order valence-corrected chi connectivity index (χ1v) is 3.36. The summed E-state index contributed by atoms with van der Waals surface area (Å²) >= 11 is 0. The Hall–Kier alpha value is 0.190. The Morgan fingerprint density at radius 2 is 2.00 bits per heavy atom. The molecule has 1 N–H and O–H groups in total. The molecule has 0 aromatic heterocycles. The van der Waals surface area contributed by atoms with E-state index in [0.717, 1.165) is 0 Å². The van der Waals surface area contributed by atoms with Crippen LogP contribution in [-0.4, -0.2) is 13.7 Å². The second kappa shape index (κ2) is 2.43. The van der Waals surface area contributed by atoms with Crippen LogP contribution in [0.3, 0.4) is 0 Å². The van der Waals surface area contributed by atoms with Crippen LogP contribution in [0.1, 0.15) is 0 Å². The van der Waals surface area contributed by atoms with Crippen molar-refractivity contribution in [3.63, 3.8) is 0 Å². The zero-order valence-electron chi connectivity index (χ0n) is 3.41. The van der Waals surface area contributed by atoms with Gasteiger partial charge in [-0.05, 0) is 13.7 Å². The topological polar surface area (TPSA) is 29.1 Å². The van der Waals surface area contributed by atoms with Crippen molar-refractivity contribution in [1.29, 1.82) is 0 Å². The molecule has 0 aliphatic rings. The number of hydrogen-bond acceptors (Lipinski definition) is 1. The fraction of sp³-hybridized carbons (Fsp3) is 1.00. The van der Waals surface area contributed by atoms with E-state index in [1.165, 1.54) is 0 Å². The van der Waals surface area contributed by atoms with Crippen molar-refractivity contribution in [2.75, 3.05) is 13.7 Å². The molecule has 0 rings (SSSR count). The summed E-state index contributed by atoms with van der Waals surface area (Å²) in [5, 5.41) is 2.57. The highest BCUT2D eigenvalue weighted by Crippen LogP contribution is 2.00. The first kappa shape index (κ1) is 5.19. The fourth-order valence-electron chi connectivity index (χ4n) is 0. The summed E-state index contributed by atoms with van der Waals surface area (Å²) in [6, 6.07) is 0. The van der Waals surface area contributed by atoms with Crippen molar-refractivity contribution in [1.82, 2.24) is 5.09 Å². The molecule has 0 aliphatic carbocycles. The lowest BCUT2D eigenvalue weighted by molar-refractivity contribution is 0.586. The molecule has 0 fully saturated rings. The molecule has 0 aromatic rings. The molecule has 0 bridgehead atoms. The minimum atomic E-state index is -1.37. The minimum absolute atomic E-state index is 1.37. The number of rotatable bonds is 1. The quantitative estimate of drug-likeness (QED) is 0.473. The van der Waals surface area contributed by atoms with E-state index < -0.39 is 7.95 Å². The van der Waals surface area contributed by atoms with Gasteiger partial charge in [0, 0.05) is 0 Å². The van der Waals surface area contributed by atoms with Gasteiger partial charge in [0.1, 0.15) is 7.95 Å². The third kappa shape index (κ3) is 4.19. The predicted octanol–water partition coefficient (Wildman–Crippen LogP) is 0.310. The molecule has 0 saturated carbocycles. The maximum atomic E-state index is 9.89. The van der Waals surface area contributed by atoms with E-state index in [1.807, 2.05) is 0 Å². The lowest BCUT2D eigenvalue weighted by Gasteiger charge is -1.80. The summed E-state index contributed by atoms with van der Waals surface area (Å²) < 4.78 is 9.89. The van der Waals surface area contributed by atoms with Gasteiger partial charge < -0.3 is 4.57 Å². The highest BCUT2D eigenvalue weighted by Gasteiger charge is 1.70. The Labute approximate surface area is 32.4 Å². The zero-order valence-corrected chi connectivity index (χ0v) is 4.41. The normalized spacial score (nSPS) is 14.8. The van der Waals surface area contributed by atoms with E-state index in [2.05, 4.69) is 5.09 Å². The molecule has 5 heavy (non-hydrogen) atoms. The Morgan fingerprint density at radius 1 is 1.80 bits per heavy atom. The van der Waals surface area contributed by atoms with Gasteiger partial charge in [-0.1, -0.05) is 0 Å². The Kier molecular flexibility index (Phi) is 2.52. The van der Waals surface area contributed by atoms with Gasteiger partial charge in [0.2, 0.25) is 0 Å². The van der Waals surface area contributed by atoms with Crippen LogP contribution in [-0.2, 0) is 4.57 Å². The summed E-state index contributed by atoms with van der Waals surface area (Å²) in [6.07, 6.45) is 0. The van der Waals surface area contributed by atoms with Gasteiger partial charge in [-0.15, -0.1) is 0 Å². The van der Waals surface area contributed by atoms with Crippen LogP contribution in [0.15, 0.2) is 0 Å². The number of nitrogens with one attached hydrogen (secondary N) is 1. The fourth-order valence-corrected chi connectivity index (χ4v) is 0. The van der Waals surface area contributed by atoms with E-state index in [-0.39, 0.29) is 0 Å². The average Bonchev–Trinajstić information content (AvgIpc) is 1.38. The van der Waals surface area contributed by atoms with Crippen molar-refractivity contribution in [2.45, 2.75) is 0 Å². The number of hydrogen-bond donors (Lipinski definition) is 1. The second-order valence-corrected chi connectivity index (χ2v) is 2.42. The van der Waals surface area contributed by atoms with Gasteiger partial charge in [0.15, 0.2) is 0 Å². The van der Waals surface area contributed by atoms with Crippen molar-refractivity contribution in [2.24, 2.45) is 0 Å². The van der Waals surface area contributed by atoms with E-state index in [1.54, 1.807) is 13.7 Å². The SMILES string of the molecule is CN[PH](C)=O. The molecule has 0 saturated heterocycles. The molecular weight excluding hydrogens is 85.0 g/mol. The molecular formula is C2H8NOP. The predicted molar refractivity (Wildman–Crippen MR) is 24.0 cm³/mol. The third-order valence-corrected chi connectivity index (χ3v) is 1.06. The van der Waals surface area contributed by atoms with Gasteiger partial charge in [0.25, 0.3) is 0 Å². The van der Waals surface area contributed by atoms with Crippen LogP contribution in [0.25, 0.3) is 0 Å². The van der Waals surface area contributed by atoms with Crippen LogP contribution in [0.2, 0.25) is 0 Å². The van der Waals surface area contributed by atoms with Crippen LogP contribution < -0.4 is 5.09 Å². The summed E-state index contributed by atoms with van der Waals surface area (Å²) in [4.78, 5) is 0. The van der Waals surface area contributed by atoms with Crippen LogP contribution >= 0.6 is 7.95 Å². The third-order valence-electron chi connectivity index (χ3n) is 0.352. The van der Waals surface area contributed by atoms with E-state index >= 15 is 0 Å². The van der Waals surface area contributed by atoms with Crippen molar-refractivity contribution in [3.8, 4) is 0 Å². The van der Waals surface area contributed by atoms with Gasteiger partial charge in [0.05, 0.1) is 0 Å². The lowest BCUT2D eigenvalue weighted by atomic mass is 11.6. The Morgan fingerprint density at radius 3 is 2.00 bits per heavy atom. The van der Waals surface area contributed by atoms with E-state index in [9.17, 15) is 4.57 Å². The molecule has 1 atom stereocenters. The first-order chi connectivity index (χ1) is 2.27. The van der Waals surface area contributed by atoms with Gasteiger partial charge >= 0.3 is 0 Å². The molecule has 0 amide bonds. The monoisotopic (exact) mass is 93.0 g/mol. The highest BCUT2D eigenvalue weighted by molar-refractivity contribution is 7.41. The molecule has 32 valence electrons. The molecule has 0 aromatic carbocycles. The Balaban J connectivity index is 2.85. The van der Waals surface area contributed by atoms with E-state index in [0.29, 0.717) is 0 Å². The molecule has 0 radical (unpaired) electrons. The van der Waals surface area contributed by atoms with Crippen LogP contribution in [0.4, 0.5) is 0 Å². The lowest BCUT2D eigenvalue weighted by Crippen LogP contribution is -1.86. The van der Waals surface area contributed by atoms with E-state index in [4.69, 9.17) is 0 Å². The maximum absolute atomic E-state index is 9.89. The minimum Gasteiger partial charge on any atom is -0.310 e. The first-order valence-electron chi connectivity index (χ1n) is 1.45. The highest BCUT2D eigenvalue weighted by atomic mass is 31.1. The standard InChI is InChI=1S/C2H8NOP/c1-3-5(2)4/h5H,1-2H3,(H,3,4). The van der Waals surface area contributed by atoms with Crippen molar-refractivity contribution in [3.05, 3.63) is 0 Å². The van der Waals surface area contributed by atoms with Gasteiger partial charge in [-0.25, -0.2) is 0 Å². The van der Waals surface area contributed by atoms with Crippen molar-refractivity contribution < 1.29 is 4.57 Å². The molecule has 3 heteroatoms. The Bertz CT molecular complexity index is 44.9. The summed E-state index contributed by atoms with van der Waals surface area (Å²) in [5.74, 6) is 0. The van der Waals surface area contributed by atoms with Gasteiger partial charge in [-0.2, -0.15) is 0 Å². The molecule has 2 nitrogen and oxygen atoms in total. The summed E-state index contributed by atoms with van der Waals surface area (Å²) in [7, 11) is 0.308. The van der Waals surface area contributed by atoms with Crippen LogP contribution in [0, 0.1) is 0 Å². The second-order valence-electron chi connectivity index (χ2n) is 0.806. The largest absolute Gasteiger partial charge is 0.310 e. The maximum Gasteiger partial charge on any atom is 0.133 e.